The maximum atomic E-state index is 13.3. The Morgan fingerprint density at radius 3 is 1.96 bits per heavy atom. The highest BCUT2D eigenvalue weighted by Gasteiger charge is 2.53. The van der Waals surface area contributed by atoms with Crippen molar-refractivity contribution in [2.24, 2.45) is 0 Å². The van der Waals surface area contributed by atoms with Crippen LogP contribution in [0.25, 0.3) is 6.08 Å². The summed E-state index contributed by atoms with van der Waals surface area (Å²) in [7, 11) is 0. The molecule has 3 saturated heterocycles. The van der Waals surface area contributed by atoms with Crippen molar-refractivity contribution in [1.29, 1.82) is 0 Å². The average Bonchev–Trinajstić information content (AvgIpc) is 3.16. The molecule has 3 fully saturated rings. The number of hydrogen-bond acceptors (Lipinski definition) is 20. The van der Waals surface area contributed by atoms with Gasteiger partial charge in [0.25, 0.3) is 0 Å². The highest BCUT2D eigenvalue weighted by Crippen LogP contribution is 2.33. The van der Waals surface area contributed by atoms with Crippen LogP contribution in [0, 0.1) is 0 Å². The van der Waals surface area contributed by atoms with Crippen molar-refractivity contribution in [3.63, 3.8) is 0 Å². The topological polar surface area (TPSA) is 324 Å². The van der Waals surface area contributed by atoms with Gasteiger partial charge in [-0.15, -0.1) is 0 Å². The van der Waals surface area contributed by atoms with E-state index in [0.717, 1.165) is 12.1 Å². The maximum Gasteiger partial charge on any atom is 0.331 e. The fourth-order valence-electron chi connectivity index (χ4n) is 6.14. The summed E-state index contributed by atoms with van der Waals surface area (Å²) in [5.41, 5.74) is 0.767. The van der Waals surface area contributed by atoms with Gasteiger partial charge in [0.05, 0.1) is 25.9 Å². The predicted molar refractivity (Wildman–Crippen MR) is 180 cm³/mol. The molecular formula is C35H46O20. The van der Waals surface area contributed by atoms with E-state index in [2.05, 4.69) is 0 Å². The van der Waals surface area contributed by atoms with Crippen molar-refractivity contribution in [3.8, 4) is 23.0 Å². The van der Waals surface area contributed by atoms with Crippen molar-refractivity contribution in [2.45, 2.75) is 105 Å². The van der Waals surface area contributed by atoms with E-state index in [1.54, 1.807) is 0 Å². The first-order valence-corrected chi connectivity index (χ1v) is 17.2. The van der Waals surface area contributed by atoms with Gasteiger partial charge in [0.15, 0.2) is 48.0 Å². The lowest BCUT2D eigenvalue weighted by Crippen LogP contribution is -2.66. The zero-order chi connectivity index (χ0) is 40.1. The van der Waals surface area contributed by atoms with E-state index in [-0.39, 0.29) is 24.3 Å². The number of aromatic hydroxyl groups is 4. The molecule has 55 heavy (non-hydrogen) atoms. The number of benzene rings is 2. The molecule has 0 saturated carbocycles. The summed E-state index contributed by atoms with van der Waals surface area (Å²) in [5.74, 6) is -2.72. The van der Waals surface area contributed by atoms with Gasteiger partial charge in [-0.1, -0.05) is 12.1 Å². The maximum absolute atomic E-state index is 13.3. The molecule has 0 spiro atoms. The number of hydrogen-bond donors (Lipinski definition) is 12. The number of carbonyl (C=O) groups is 1. The van der Waals surface area contributed by atoms with Gasteiger partial charge in [-0.05, 0) is 54.8 Å². The fraction of sp³-hybridized carbons (Fsp3) is 0.571. The molecule has 0 unspecified atom stereocenters. The Hall–Kier alpha value is -3.71. The predicted octanol–water partition coefficient (Wildman–Crippen LogP) is -3.19. The molecule has 20 heteroatoms. The van der Waals surface area contributed by atoms with Crippen LogP contribution < -0.4 is 0 Å². The molecule has 2 aromatic rings. The Labute approximate surface area is 313 Å². The molecule has 3 heterocycles. The zero-order valence-electron chi connectivity index (χ0n) is 29.2. The molecule has 3 aliphatic rings. The van der Waals surface area contributed by atoms with Crippen LogP contribution in [0.15, 0.2) is 42.5 Å². The van der Waals surface area contributed by atoms with Crippen LogP contribution in [0.5, 0.6) is 23.0 Å². The zero-order valence-corrected chi connectivity index (χ0v) is 29.2. The first-order chi connectivity index (χ1) is 26.1. The van der Waals surface area contributed by atoms with Crippen LogP contribution in [-0.2, 0) is 44.4 Å². The molecule has 20 nitrogen and oxygen atoms in total. The average molecular weight is 787 g/mol. The number of aliphatic hydroxyl groups excluding tert-OH is 8. The van der Waals surface area contributed by atoms with Gasteiger partial charge >= 0.3 is 5.97 Å². The third kappa shape index (κ3) is 10.0. The number of ether oxygens (including phenoxy) is 7. The van der Waals surface area contributed by atoms with Gasteiger partial charge in [-0.2, -0.15) is 0 Å². The van der Waals surface area contributed by atoms with E-state index in [0.29, 0.717) is 5.56 Å². The highest BCUT2D eigenvalue weighted by molar-refractivity contribution is 5.87. The Morgan fingerprint density at radius 2 is 1.29 bits per heavy atom. The number of esters is 1. The van der Waals surface area contributed by atoms with E-state index in [4.69, 9.17) is 33.2 Å². The summed E-state index contributed by atoms with van der Waals surface area (Å²) in [6.45, 7) is -0.242. The number of aliphatic hydroxyl groups is 8. The van der Waals surface area contributed by atoms with Crippen LogP contribution >= 0.6 is 0 Å². The Kier molecular flexibility index (Phi) is 14.3. The summed E-state index contributed by atoms with van der Waals surface area (Å²) >= 11 is 0. The monoisotopic (exact) mass is 786 g/mol. The van der Waals surface area contributed by atoms with Crippen LogP contribution in [-0.4, -0.2) is 179 Å². The molecule has 12 N–H and O–H groups in total. The lowest BCUT2D eigenvalue weighted by molar-refractivity contribution is -0.365. The first kappa shape index (κ1) is 42.4. The van der Waals surface area contributed by atoms with Crippen LogP contribution in [0.4, 0.5) is 0 Å². The van der Waals surface area contributed by atoms with E-state index >= 15 is 0 Å². The van der Waals surface area contributed by atoms with Gasteiger partial charge in [-0.25, -0.2) is 4.79 Å². The summed E-state index contributed by atoms with van der Waals surface area (Å²) in [6, 6.07) is 7.73. The summed E-state index contributed by atoms with van der Waals surface area (Å²) < 4.78 is 40.2. The largest absolute Gasteiger partial charge is 0.504 e. The number of rotatable bonds is 13. The minimum Gasteiger partial charge on any atom is -0.504 e. The molecule has 0 radical (unpaired) electrons. The lowest BCUT2D eigenvalue weighted by Gasteiger charge is -2.47. The SMILES string of the molecule is C[C@@H]1O[C@@H](OC[C@H]2O[C@@H](OCCc3ccc(O)c(O)c3)[C@H](O)[C@@H](O[C@@H]3O[C@H](CO)[C@@H](O)[C@H](O)[C@H]3O)[C@@H]2OC(=O)C=Cc2ccc(O)c(O)c2)[C@H](O)[C@H](O)[C@H]1O. The van der Waals surface area contributed by atoms with Gasteiger partial charge in [-0.3, -0.25) is 0 Å². The number of phenolic OH excluding ortho intramolecular Hbond substituents is 4. The molecule has 3 aliphatic heterocycles. The lowest BCUT2D eigenvalue weighted by atomic mass is 9.96. The Balaban J connectivity index is 1.44. The van der Waals surface area contributed by atoms with Gasteiger partial charge in [0.2, 0.25) is 0 Å². The second-order valence-corrected chi connectivity index (χ2v) is 13.3. The van der Waals surface area contributed by atoms with Crippen molar-refractivity contribution in [1.82, 2.24) is 0 Å². The highest BCUT2D eigenvalue weighted by atomic mass is 16.8. The van der Waals surface area contributed by atoms with E-state index in [9.17, 15) is 66.1 Å². The molecule has 0 bridgehead atoms. The minimum atomic E-state index is -1.97. The Bertz CT molecular complexity index is 1610. The molecular weight excluding hydrogens is 740 g/mol. The van der Waals surface area contributed by atoms with Crippen LogP contribution in [0.3, 0.4) is 0 Å². The second-order valence-electron chi connectivity index (χ2n) is 13.3. The molecule has 15 atom stereocenters. The van der Waals surface area contributed by atoms with Crippen molar-refractivity contribution in [3.05, 3.63) is 53.6 Å². The quantitative estimate of drug-likeness (QED) is 0.0541. The van der Waals surface area contributed by atoms with E-state index in [1.807, 2.05) is 0 Å². The summed E-state index contributed by atoms with van der Waals surface area (Å²) in [4.78, 5) is 13.3. The van der Waals surface area contributed by atoms with E-state index < -0.39 is 129 Å². The molecule has 0 amide bonds. The normalized spacial score (nSPS) is 36.9. The number of carbonyl (C=O) groups excluding carboxylic acids is 1. The molecule has 5 rings (SSSR count). The van der Waals surface area contributed by atoms with Crippen molar-refractivity contribution < 1.29 is 99.2 Å². The molecule has 306 valence electrons. The fourth-order valence-corrected chi connectivity index (χ4v) is 6.14. The summed E-state index contributed by atoms with van der Waals surface area (Å²) in [5, 5.41) is 123. The minimum absolute atomic E-state index is 0.107. The molecule has 0 aliphatic carbocycles. The third-order valence-electron chi connectivity index (χ3n) is 9.36. The van der Waals surface area contributed by atoms with Crippen molar-refractivity contribution >= 4 is 12.0 Å². The summed E-state index contributed by atoms with van der Waals surface area (Å²) in [6.07, 6.45) is -22.7. The van der Waals surface area contributed by atoms with Gasteiger partial charge in [0, 0.05) is 6.08 Å². The number of phenols is 4. The third-order valence-corrected chi connectivity index (χ3v) is 9.36. The van der Waals surface area contributed by atoms with E-state index in [1.165, 1.54) is 43.3 Å². The van der Waals surface area contributed by atoms with Crippen LogP contribution in [0.2, 0.25) is 0 Å². The van der Waals surface area contributed by atoms with Crippen molar-refractivity contribution in [2.75, 3.05) is 19.8 Å². The van der Waals surface area contributed by atoms with Gasteiger partial charge < -0.3 is 94.4 Å². The Morgan fingerprint density at radius 1 is 0.673 bits per heavy atom. The van der Waals surface area contributed by atoms with Gasteiger partial charge in [0.1, 0.15) is 61.0 Å². The standard InChI is InChI=1S/C35H46O20/c1-14-24(42)26(44)28(46)33(51-14)50-13-22-31(54-23(41)7-4-15-2-5-17(37)19(39)10-15)32(55-35-29(47)27(45)25(43)21(12-36)52-35)30(48)34(53-22)49-9-8-16-3-6-18(38)20(40)11-16/h2-7,10-11,14,21-22,24-40,42-48H,8-9,12-13H2,1H3/t14-,21+,22+,24-,25+,26+,27-,28+,29+,30+,31+,32+,33+,34+,35-/m0/s1. The first-order valence-electron chi connectivity index (χ1n) is 17.2. The molecule has 2 aromatic carbocycles. The van der Waals surface area contributed by atoms with Crippen LogP contribution in [0.1, 0.15) is 18.1 Å². The second kappa shape index (κ2) is 18.5. The smallest absolute Gasteiger partial charge is 0.331 e. The molecule has 0 aromatic heterocycles.